The molecule has 1 aromatic heterocycles. The SMILES string of the molecule is CN(CC(=O)Nc1cccc(F)c1)CC(=O)Nc1nc(-c2ccc(F)cc2)cs1. The van der Waals surface area contributed by atoms with Gasteiger partial charge in [-0.05, 0) is 49.5 Å². The molecule has 0 fully saturated rings. The van der Waals surface area contributed by atoms with Gasteiger partial charge in [-0.1, -0.05) is 6.07 Å². The van der Waals surface area contributed by atoms with E-state index in [-0.39, 0.29) is 30.7 Å². The molecule has 0 aliphatic carbocycles. The molecular weight excluding hydrogens is 398 g/mol. The number of thiazole rings is 1. The molecule has 0 spiro atoms. The lowest BCUT2D eigenvalue weighted by molar-refractivity contribution is -0.119. The molecule has 0 bridgehead atoms. The minimum atomic E-state index is -0.445. The number of hydrogen-bond donors (Lipinski definition) is 2. The van der Waals surface area contributed by atoms with Crippen molar-refractivity contribution in [1.82, 2.24) is 9.88 Å². The Bertz CT molecular complexity index is 1010. The molecule has 0 unspecified atom stereocenters. The summed E-state index contributed by atoms with van der Waals surface area (Å²) in [6, 6.07) is 11.5. The van der Waals surface area contributed by atoms with Crippen LogP contribution in [0.5, 0.6) is 0 Å². The fraction of sp³-hybridized carbons (Fsp3) is 0.150. The molecule has 6 nitrogen and oxygen atoms in total. The highest BCUT2D eigenvalue weighted by atomic mass is 32.1. The largest absolute Gasteiger partial charge is 0.325 e. The van der Waals surface area contributed by atoms with Crippen molar-refractivity contribution in [1.29, 1.82) is 0 Å². The molecule has 0 radical (unpaired) electrons. The van der Waals surface area contributed by atoms with Gasteiger partial charge in [-0.25, -0.2) is 13.8 Å². The van der Waals surface area contributed by atoms with Gasteiger partial charge in [-0.2, -0.15) is 0 Å². The summed E-state index contributed by atoms with van der Waals surface area (Å²) in [5.41, 5.74) is 1.73. The van der Waals surface area contributed by atoms with Crippen LogP contribution in [-0.2, 0) is 9.59 Å². The first-order valence-electron chi connectivity index (χ1n) is 8.64. The second-order valence-electron chi connectivity index (χ2n) is 6.32. The average Bonchev–Trinajstić information content (AvgIpc) is 3.10. The molecule has 0 atom stereocenters. The fourth-order valence-electron chi connectivity index (χ4n) is 2.56. The quantitative estimate of drug-likeness (QED) is 0.617. The van der Waals surface area contributed by atoms with Gasteiger partial charge < -0.3 is 10.6 Å². The lowest BCUT2D eigenvalue weighted by Gasteiger charge is -2.15. The van der Waals surface area contributed by atoms with Crippen LogP contribution in [0.1, 0.15) is 0 Å². The van der Waals surface area contributed by atoms with Crippen LogP contribution >= 0.6 is 11.3 Å². The normalized spacial score (nSPS) is 10.8. The van der Waals surface area contributed by atoms with Crippen LogP contribution < -0.4 is 10.6 Å². The second kappa shape index (κ2) is 9.35. The third kappa shape index (κ3) is 6.16. The van der Waals surface area contributed by atoms with Gasteiger partial charge >= 0.3 is 0 Å². The lowest BCUT2D eigenvalue weighted by Crippen LogP contribution is -2.36. The van der Waals surface area contributed by atoms with Crippen molar-refractivity contribution in [3.05, 3.63) is 65.5 Å². The standard InChI is InChI=1S/C20H18F2N4O2S/c1-26(10-18(27)23-16-4-2-3-15(22)9-16)11-19(28)25-20-24-17(12-29-20)13-5-7-14(21)8-6-13/h2-9,12H,10-11H2,1H3,(H,23,27)(H,24,25,28). The number of hydrogen-bond acceptors (Lipinski definition) is 5. The van der Waals surface area contributed by atoms with Gasteiger partial charge in [0.05, 0.1) is 18.8 Å². The second-order valence-corrected chi connectivity index (χ2v) is 7.18. The number of benzene rings is 2. The van der Waals surface area contributed by atoms with Gasteiger partial charge in [0.25, 0.3) is 0 Å². The Kier molecular flexibility index (Phi) is 6.63. The number of rotatable bonds is 7. The smallest absolute Gasteiger partial charge is 0.240 e. The summed E-state index contributed by atoms with van der Waals surface area (Å²) in [7, 11) is 1.62. The van der Waals surface area contributed by atoms with Crippen LogP contribution in [0.4, 0.5) is 19.6 Å². The molecule has 2 aromatic carbocycles. The third-order valence-corrected chi connectivity index (χ3v) is 4.58. The molecule has 3 aromatic rings. The van der Waals surface area contributed by atoms with E-state index in [1.807, 2.05) is 0 Å². The predicted molar refractivity (Wildman–Crippen MR) is 109 cm³/mol. The van der Waals surface area contributed by atoms with E-state index in [1.54, 1.807) is 30.6 Å². The maximum absolute atomic E-state index is 13.2. The number of likely N-dealkylation sites (N-methyl/N-ethyl adjacent to an activating group) is 1. The Morgan fingerprint density at radius 3 is 2.38 bits per heavy atom. The topological polar surface area (TPSA) is 74.3 Å². The number of nitrogens with one attached hydrogen (secondary N) is 2. The summed E-state index contributed by atoms with van der Waals surface area (Å²) < 4.78 is 26.2. The van der Waals surface area contributed by atoms with Gasteiger partial charge in [0.15, 0.2) is 5.13 Å². The van der Waals surface area contributed by atoms with E-state index >= 15 is 0 Å². The number of carbonyl (C=O) groups excluding carboxylic acids is 2. The van der Waals surface area contributed by atoms with E-state index in [1.165, 1.54) is 46.6 Å². The van der Waals surface area contributed by atoms with E-state index in [4.69, 9.17) is 0 Å². The number of amides is 2. The molecule has 0 saturated carbocycles. The van der Waals surface area contributed by atoms with Crippen LogP contribution in [0.15, 0.2) is 53.9 Å². The lowest BCUT2D eigenvalue weighted by atomic mass is 10.2. The third-order valence-electron chi connectivity index (χ3n) is 3.83. The highest BCUT2D eigenvalue weighted by Crippen LogP contribution is 2.25. The minimum Gasteiger partial charge on any atom is -0.325 e. The van der Waals surface area contributed by atoms with Crippen LogP contribution in [-0.4, -0.2) is 41.8 Å². The van der Waals surface area contributed by atoms with Crippen molar-refractivity contribution < 1.29 is 18.4 Å². The summed E-state index contributed by atoms with van der Waals surface area (Å²) >= 11 is 1.25. The molecule has 29 heavy (non-hydrogen) atoms. The maximum atomic E-state index is 13.2. The Labute approximate surface area is 170 Å². The maximum Gasteiger partial charge on any atom is 0.240 e. The van der Waals surface area contributed by atoms with Crippen LogP contribution in [0.2, 0.25) is 0 Å². The van der Waals surface area contributed by atoms with Crippen LogP contribution in [0.25, 0.3) is 11.3 Å². The van der Waals surface area contributed by atoms with Gasteiger partial charge in [-0.3, -0.25) is 14.5 Å². The fourth-order valence-corrected chi connectivity index (χ4v) is 3.29. The first kappa shape index (κ1) is 20.6. The van der Waals surface area contributed by atoms with E-state index < -0.39 is 5.82 Å². The summed E-state index contributed by atoms with van der Waals surface area (Å²) in [4.78, 5) is 30.0. The molecule has 1 heterocycles. The molecule has 0 aliphatic rings. The monoisotopic (exact) mass is 416 g/mol. The van der Waals surface area contributed by atoms with Gasteiger partial charge in [0.2, 0.25) is 11.8 Å². The Hall–Kier alpha value is -3.17. The van der Waals surface area contributed by atoms with E-state index in [0.717, 1.165) is 5.56 Å². The number of halogens is 2. The average molecular weight is 416 g/mol. The Balaban J connectivity index is 1.48. The number of carbonyl (C=O) groups is 2. The van der Waals surface area contributed by atoms with Gasteiger partial charge in [0, 0.05) is 16.6 Å². The first-order chi connectivity index (χ1) is 13.9. The number of aromatic nitrogens is 1. The Morgan fingerprint density at radius 2 is 1.69 bits per heavy atom. The minimum absolute atomic E-state index is 0.0258. The summed E-state index contributed by atoms with van der Waals surface area (Å²) in [6.07, 6.45) is 0. The molecule has 150 valence electrons. The van der Waals surface area contributed by atoms with Crippen molar-refractivity contribution in [2.75, 3.05) is 30.8 Å². The highest BCUT2D eigenvalue weighted by Gasteiger charge is 2.13. The van der Waals surface area contributed by atoms with E-state index in [2.05, 4.69) is 15.6 Å². The summed E-state index contributed by atoms with van der Waals surface area (Å²) in [6.45, 7) is -0.0648. The molecule has 9 heteroatoms. The van der Waals surface area contributed by atoms with Crippen LogP contribution in [0.3, 0.4) is 0 Å². The van der Waals surface area contributed by atoms with Crippen molar-refractivity contribution in [2.24, 2.45) is 0 Å². The van der Waals surface area contributed by atoms with E-state index in [9.17, 15) is 18.4 Å². The molecule has 2 amide bonds. The zero-order valence-corrected chi connectivity index (χ0v) is 16.3. The van der Waals surface area contributed by atoms with Gasteiger partial charge in [-0.15, -0.1) is 11.3 Å². The molecule has 3 rings (SSSR count). The summed E-state index contributed by atoms with van der Waals surface area (Å²) in [5, 5.41) is 7.42. The Morgan fingerprint density at radius 1 is 1.00 bits per heavy atom. The van der Waals surface area contributed by atoms with E-state index in [0.29, 0.717) is 16.5 Å². The van der Waals surface area contributed by atoms with Crippen molar-refractivity contribution in [3.63, 3.8) is 0 Å². The highest BCUT2D eigenvalue weighted by molar-refractivity contribution is 7.14. The van der Waals surface area contributed by atoms with Gasteiger partial charge in [0.1, 0.15) is 11.6 Å². The van der Waals surface area contributed by atoms with Crippen LogP contribution in [0, 0.1) is 11.6 Å². The van der Waals surface area contributed by atoms with Crippen molar-refractivity contribution >= 4 is 34.0 Å². The molecule has 0 saturated heterocycles. The van der Waals surface area contributed by atoms with Crippen molar-refractivity contribution in [3.8, 4) is 11.3 Å². The molecule has 2 N–H and O–H groups in total. The van der Waals surface area contributed by atoms with Crippen molar-refractivity contribution in [2.45, 2.75) is 0 Å². The zero-order valence-electron chi connectivity index (χ0n) is 15.5. The first-order valence-corrected chi connectivity index (χ1v) is 9.52. The molecule has 0 aliphatic heterocycles. The summed E-state index contributed by atoms with van der Waals surface area (Å²) in [5.74, 6) is -1.47. The molecular formula is C20H18F2N4O2S. The zero-order chi connectivity index (χ0) is 20.8. The predicted octanol–water partition coefficient (Wildman–Crippen LogP) is 3.60. The number of anilines is 2. The number of nitrogens with zero attached hydrogens (tertiary/aromatic N) is 2.